The zero-order valence-corrected chi connectivity index (χ0v) is 15.1. The van der Waals surface area contributed by atoms with E-state index in [2.05, 4.69) is 26.2 Å². The van der Waals surface area contributed by atoms with E-state index in [0.29, 0.717) is 17.8 Å². The summed E-state index contributed by atoms with van der Waals surface area (Å²) in [5.41, 5.74) is 3.82. The molecule has 0 saturated heterocycles. The summed E-state index contributed by atoms with van der Waals surface area (Å²) in [5, 5.41) is 4.28. The molecule has 0 unspecified atom stereocenters. The molecule has 3 rings (SSSR count). The lowest BCUT2D eigenvalue weighted by molar-refractivity contribution is 0.0600. The lowest BCUT2D eigenvalue weighted by Gasteiger charge is -2.16. The molecule has 5 heteroatoms. The molecular weight excluding hydrogens is 368 g/mol. The Bertz CT molecular complexity index is 895. The zero-order valence-electron chi connectivity index (χ0n) is 13.5. The van der Waals surface area contributed by atoms with Crippen LogP contribution in [-0.2, 0) is 11.3 Å². The molecule has 0 bridgehead atoms. The maximum Gasteiger partial charge on any atom is 0.341 e. The standard InChI is InChI=1S/C19H17BrN2O2/c1-12-17(19(23)24-2)18(21-11-13-6-4-3-5-7-13)15-10-14(20)8-9-16(15)22-12/h3-10H,11H2,1-2H3,(H,21,22). The summed E-state index contributed by atoms with van der Waals surface area (Å²) < 4.78 is 5.89. The van der Waals surface area contributed by atoms with Gasteiger partial charge in [-0.15, -0.1) is 0 Å². The summed E-state index contributed by atoms with van der Waals surface area (Å²) in [4.78, 5) is 16.8. The van der Waals surface area contributed by atoms with Crippen LogP contribution in [0.4, 0.5) is 5.69 Å². The lowest BCUT2D eigenvalue weighted by atomic mass is 10.1. The van der Waals surface area contributed by atoms with Crippen LogP contribution in [0.3, 0.4) is 0 Å². The van der Waals surface area contributed by atoms with Crippen LogP contribution in [0.15, 0.2) is 53.0 Å². The lowest BCUT2D eigenvalue weighted by Crippen LogP contribution is -2.12. The van der Waals surface area contributed by atoms with Gasteiger partial charge in [0.2, 0.25) is 0 Å². The van der Waals surface area contributed by atoms with Gasteiger partial charge in [0.25, 0.3) is 0 Å². The number of methoxy groups -OCH3 is 1. The van der Waals surface area contributed by atoms with Crippen LogP contribution in [0, 0.1) is 6.92 Å². The van der Waals surface area contributed by atoms with Crippen LogP contribution >= 0.6 is 15.9 Å². The number of anilines is 1. The van der Waals surface area contributed by atoms with Crippen molar-refractivity contribution in [1.82, 2.24) is 4.98 Å². The first-order valence-electron chi connectivity index (χ1n) is 7.56. The van der Waals surface area contributed by atoms with Crippen molar-refractivity contribution in [2.24, 2.45) is 0 Å². The first-order valence-corrected chi connectivity index (χ1v) is 8.35. The summed E-state index contributed by atoms with van der Waals surface area (Å²) in [6.45, 7) is 2.43. The van der Waals surface area contributed by atoms with Gasteiger partial charge >= 0.3 is 5.97 Å². The molecule has 0 atom stereocenters. The van der Waals surface area contributed by atoms with Crippen molar-refractivity contribution in [1.29, 1.82) is 0 Å². The molecule has 3 aromatic rings. The average Bonchev–Trinajstić information content (AvgIpc) is 2.60. The van der Waals surface area contributed by atoms with E-state index >= 15 is 0 Å². The molecule has 0 aliphatic heterocycles. The number of benzene rings is 2. The van der Waals surface area contributed by atoms with Gasteiger partial charge in [-0.05, 0) is 30.7 Å². The molecule has 24 heavy (non-hydrogen) atoms. The van der Waals surface area contributed by atoms with Crippen LogP contribution in [-0.4, -0.2) is 18.1 Å². The van der Waals surface area contributed by atoms with Gasteiger partial charge in [0, 0.05) is 16.4 Å². The summed E-state index contributed by atoms with van der Waals surface area (Å²) in [6, 6.07) is 15.9. The second-order valence-electron chi connectivity index (χ2n) is 5.44. The number of nitrogens with one attached hydrogen (secondary N) is 1. The maximum atomic E-state index is 12.3. The topological polar surface area (TPSA) is 51.2 Å². The van der Waals surface area contributed by atoms with E-state index in [1.165, 1.54) is 7.11 Å². The molecule has 0 amide bonds. The van der Waals surface area contributed by atoms with Crippen molar-refractivity contribution in [3.05, 3.63) is 69.8 Å². The molecule has 0 fully saturated rings. The number of halogens is 1. The van der Waals surface area contributed by atoms with Crippen molar-refractivity contribution in [2.45, 2.75) is 13.5 Å². The molecule has 1 N–H and O–H groups in total. The fraction of sp³-hybridized carbons (Fsp3) is 0.158. The van der Waals surface area contributed by atoms with Crippen LogP contribution < -0.4 is 5.32 Å². The molecule has 1 aromatic heterocycles. The van der Waals surface area contributed by atoms with E-state index in [1.807, 2.05) is 55.5 Å². The molecule has 0 radical (unpaired) electrons. The van der Waals surface area contributed by atoms with E-state index in [1.54, 1.807) is 0 Å². The SMILES string of the molecule is COC(=O)c1c(C)nc2ccc(Br)cc2c1NCc1ccccc1. The van der Waals surface area contributed by atoms with E-state index in [-0.39, 0.29) is 0 Å². The number of esters is 1. The second-order valence-corrected chi connectivity index (χ2v) is 6.36. The van der Waals surface area contributed by atoms with Crippen LogP contribution in [0.5, 0.6) is 0 Å². The van der Waals surface area contributed by atoms with E-state index in [4.69, 9.17) is 4.74 Å². The number of pyridine rings is 1. The molecule has 0 aliphatic rings. The van der Waals surface area contributed by atoms with Gasteiger partial charge < -0.3 is 10.1 Å². The summed E-state index contributed by atoms with van der Waals surface area (Å²) in [6.07, 6.45) is 0. The highest BCUT2D eigenvalue weighted by molar-refractivity contribution is 9.10. The fourth-order valence-electron chi connectivity index (χ4n) is 2.68. The number of carbonyl (C=O) groups excluding carboxylic acids is 1. The highest BCUT2D eigenvalue weighted by Gasteiger charge is 2.19. The molecule has 0 saturated carbocycles. The molecule has 122 valence electrons. The Kier molecular flexibility index (Phi) is 4.81. The number of carbonyl (C=O) groups is 1. The van der Waals surface area contributed by atoms with Gasteiger partial charge in [0.15, 0.2) is 0 Å². The van der Waals surface area contributed by atoms with Gasteiger partial charge in [-0.3, -0.25) is 4.98 Å². The van der Waals surface area contributed by atoms with Gasteiger partial charge in [-0.2, -0.15) is 0 Å². The third-order valence-electron chi connectivity index (χ3n) is 3.83. The fourth-order valence-corrected chi connectivity index (χ4v) is 3.04. The number of hydrogen-bond donors (Lipinski definition) is 1. The predicted octanol–water partition coefficient (Wildman–Crippen LogP) is 4.70. The van der Waals surface area contributed by atoms with Crippen LogP contribution in [0.25, 0.3) is 10.9 Å². The van der Waals surface area contributed by atoms with E-state index in [9.17, 15) is 4.79 Å². The average molecular weight is 385 g/mol. The Morgan fingerprint density at radius 3 is 2.67 bits per heavy atom. The smallest absolute Gasteiger partial charge is 0.341 e. The Labute approximate surface area is 149 Å². The number of rotatable bonds is 4. The zero-order chi connectivity index (χ0) is 17.1. The van der Waals surface area contributed by atoms with Crippen LogP contribution in [0.2, 0.25) is 0 Å². The first kappa shape index (κ1) is 16.5. The minimum absolute atomic E-state index is 0.391. The number of aryl methyl sites for hydroxylation is 1. The molecule has 1 heterocycles. The van der Waals surface area contributed by atoms with Crippen molar-refractivity contribution in [2.75, 3.05) is 12.4 Å². The van der Waals surface area contributed by atoms with Crippen LogP contribution in [0.1, 0.15) is 21.6 Å². The van der Waals surface area contributed by atoms with Crippen molar-refractivity contribution in [3.63, 3.8) is 0 Å². The van der Waals surface area contributed by atoms with E-state index < -0.39 is 5.97 Å². The highest BCUT2D eigenvalue weighted by atomic mass is 79.9. The highest BCUT2D eigenvalue weighted by Crippen LogP contribution is 2.31. The van der Waals surface area contributed by atoms with Crippen molar-refractivity contribution < 1.29 is 9.53 Å². The monoisotopic (exact) mass is 384 g/mol. The normalized spacial score (nSPS) is 10.6. The summed E-state index contributed by atoms with van der Waals surface area (Å²) in [5.74, 6) is -0.391. The Morgan fingerprint density at radius 1 is 1.21 bits per heavy atom. The Hall–Kier alpha value is -2.40. The van der Waals surface area contributed by atoms with Crippen molar-refractivity contribution in [3.8, 4) is 0 Å². The van der Waals surface area contributed by atoms with E-state index in [0.717, 1.165) is 26.6 Å². The third kappa shape index (κ3) is 3.26. The largest absolute Gasteiger partial charge is 0.465 e. The minimum atomic E-state index is -0.391. The van der Waals surface area contributed by atoms with Crippen molar-refractivity contribution >= 4 is 38.5 Å². The second kappa shape index (κ2) is 7.01. The number of ether oxygens (including phenoxy) is 1. The van der Waals surface area contributed by atoms with Gasteiger partial charge in [0.1, 0.15) is 5.56 Å². The van der Waals surface area contributed by atoms with Gasteiger partial charge in [-0.25, -0.2) is 4.79 Å². The van der Waals surface area contributed by atoms with Gasteiger partial charge in [-0.1, -0.05) is 46.3 Å². The summed E-state index contributed by atoms with van der Waals surface area (Å²) >= 11 is 3.49. The third-order valence-corrected chi connectivity index (χ3v) is 4.32. The Morgan fingerprint density at radius 2 is 1.96 bits per heavy atom. The summed E-state index contributed by atoms with van der Waals surface area (Å²) in [7, 11) is 1.38. The molecule has 0 aliphatic carbocycles. The number of hydrogen-bond acceptors (Lipinski definition) is 4. The first-order chi connectivity index (χ1) is 11.6. The number of nitrogens with zero attached hydrogens (tertiary/aromatic N) is 1. The minimum Gasteiger partial charge on any atom is -0.465 e. The Balaban J connectivity index is 2.13. The molecule has 2 aromatic carbocycles. The number of aromatic nitrogens is 1. The molecular formula is C19H17BrN2O2. The molecule has 0 spiro atoms. The molecule has 4 nitrogen and oxygen atoms in total. The maximum absolute atomic E-state index is 12.3. The number of fused-ring (bicyclic) bond motifs is 1. The predicted molar refractivity (Wildman–Crippen MR) is 99.3 cm³/mol. The quantitative estimate of drug-likeness (QED) is 0.662. The van der Waals surface area contributed by atoms with Gasteiger partial charge in [0.05, 0.1) is 24.0 Å².